The van der Waals surface area contributed by atoms with Gasteiger partial charge in [-0.15, -0.1) is 0 Å². The molecule has 0 aromatic carbocycles. The molecule has 0 aliphatic carbocycles. The van der Waals surface area contributed by atoms with E-state index in [-0.39, 0.29) is 0 Å². The number of nitrogens with one attached hydrogen (secondary N) is 1. The van der Waals surface area contributed by atoms with Gasteiger partial charge in [0.2, 0.25) is 5.91 Å². The molecule has 5 heteroatoms. The quantitative estimate of drug-likeness (QED) is 0.0469. The van der Waals surface area contributed by atoms with Crippen molar-refractivity contribution in [2.45, 2.75) is 180 Å². The van der Waals surface area contributed by atoms with Gasteiger partial charge in [-0.05, 0) is 64.2 Å². The summed E-state index contributed by atoms with van der Waals surface area (Å²) in [5, 5.41) is 32.7. The Morgan fingerprint density at radius 1 is 0.558 bits per heavy atom. The van der Waals surface area contributed by atoms with Gasteiger partial charge in [0.05, 0.1) is 18.8 Å². The number of allylic oxidation sites excluding steroid dienone is 7. The fourth-order valence-corrected chi connectivity index (χ4v) is 4.98. The molecular formula is C38H69NO4. The zero-order valence-corrected chi connectivity index (χ0v) is 28.1. The zero-order valence-electron chi connectivity index (χ0n) is 28.1. The topological polar surface area (TPSA) is 89.8 Å². The van der Waals surface area contributed by atoms with Crippen molar-refractivity contribution in [1.82, 2.24) is 5.32 Å². The Hall–Kier alpha value is -1.69. The van der Waals surface area contributed by atoms with Crippen LogP contribution in [-0.4, -0.2) is 46.1 Å². The lowest BCUT2D eigenvalue weighted by atomic mass is 10.1. The highest BCUT2D eigenvalue weighted by Gasteiger charge is 2.22. The number of aliphatic hydroxyl groups is 3. The smallest absolute Gasteiger partial charge is 0.249 e. The van der Waals surface area contributed by atoms with Crippen molar-refractivity contribution in [1.29, 1.82) is 0 Å². The van der Waals surface area contributed by atoms with Crippen LogP contribution in [0.1, 0.15) is 162 Å². The molecule has 4 N–H and O–H groups in total. The highest BCUT2D eigenvalue weighted by molar-refractivity contribution is 5.80. The number of rotatable bonds is 31. The summed E-state index contributed by atoms with van der Waals surface area (Å²) in [6.07, 6.45) is 41.5. The summed E-state index contributed by atoms with van der Waals surface area (Å²) in [7, 11) is 0. The maximum Gasteiger partial charge on any atom is 0.249 e. The molecule has 5 nitrogen and oxygen atoms in total. The second-order valence-electron chi connectivity index (χ2n) is 12.1. The third-order valence-electron chi connectivity index (χ3n) is 7.88. The van der Waals surface area contributed by atoms with Gasteiger partial charge in [-0.2, -0.15) is 0 Å². The average Bonchev–Trinajstić information content (AvgIpc) is 3.01. The summed E-state index contributed by atoms with van der Waals surface area (Å²) in [5.41, 5.74) is 0. The monoisotopic (exact) mass is 604 g/mol. The minimum atomic E-state index is -1.15. The minimum Gasteiger partial charge on any atom is -0.394 e. The van der Waals surface area contributed by atoms with E-state index in [1.807, 2.05) is 12.2 Å². The second kappa shape index (κ2) is 33.2. The first-order valence-corrected chi connectivity index (χ1v) is 18.0. The van der Waals surface area contributed by atoms with Crippen LogP contribution in [0.4, 0.5) is 0 Å². The molecular weight excluding hydrogens is 534 g/mol. The van der Waals surface area contributed by atoms with E-state index in [1.165, 1.54) is 103 Å². The van der Waals surface area contributed by atoms with Crippen LogP contribution in [0.25, 0.3) is 0 Å². The number of carbonyl (C=O) groups is 1. The molecule has 0 spiro atoms. The third-order valence-corrected chi connectivity index (χ3v) is 7.88. The minimum absolute atomic E-state index is 0.322. The van der Waals surface area contributed by atoms with Gasteiger partial charge >= 0.3 is 0 Å². The van der Waals surface area contributed by atoms with Crippen molar-refractivity contribution in [2.75, 3.05) is 6.61 Å². The molecule has 0 heterocycles. The molecule has 0 radical (unpaired) electrons. The molecule has 0 fully saturated rings. The number of amides is 1. The molecule has 250 valence electrons. The SMILES string of the molecule is CCCCCC/C=C\CCC(O)C(=O)NC(CO)C(O)/C=C/CC/C=C/CC/C=C/CCCCCCCCCCCCC. The molecule has 43 heavy (non-hydrogen) atoms. The van der Waals surface area contributed by atoms with Crippen LogP contribution in [0.15, 0.2) is 48.6 Å². The lowest BCUT2D eigenvalue weighted by Gasteiger charge is -2.21. The lowest BCUT2D eigenvalue weighted by Crippen LogP contribution is -2.48. The molecule has 0 rings (SSSR count). The van der Waals surface area contributed by atoms with Crippen LogP contribution < -0.4 is 5.32 Å². The molecule has 0 saturated heterocycles. The maximum atomic E-state index is 12.3. The Labute approximate surface area is 266 Å². The van der Waals surface area contributed by atoms with Crippen molar-refractivity contribution < 1.29 is 20.1 Å². The van der Waals surface area contributed by atoms with Gasteiger partial charge in [0, 0.05) is 0 Å². The molecule has 0 bridgehead atoms. The van der Waals surface area contributed by atoms with Crippen LogP contribution in [0.5, 0.6) is 0 Å². The standard InChI is InChI=1S/C38H69NO4/c1-3-5-7-9-11-13-14-15-16-17-18-19-20-21-22-23-24-25-27-28-30-32-36(41)35(34-40)39-38(43)37(42)33-31-29-26-12-10-8-6-4-2/h20-21,24-26,29-30,32,35-37,40-42H,3-19,22-23,27-28,31,33-34H2,1-2H3,(H,39,43)/b21-20+,25-24+,29-26-,32-30+. The van der Waals surface area contributed by atoms with E-state index >= 15 is 0 Å². The zero-order chi connectivity index (χ0) is 31.6. The van der Waals surface area contributed by atoms with E-state index < -0.39 is 30.8 Å². The molecule has 1 amide bonds. The van der Waals surface area contributed by atoms with Crippen LogP contribution >= 0.6 is 0 Å². The fourth-order valence-electron chi connectivity index (χ4n) is 4.98. The van der Waals surface area contributed by atoms with Crippen molar-refractivity contribution >= 4 is 5.91 Å². The van der Waals surface area contributed by atoms with Gasteiger partial charge in [0.15, 0.2) is 0 Å². The van der Waals surface area contributed by atoms with Crippen molar-refractivity contribution in [3.8, 4) is 0 Å². The van der Waals surface area contributed by atoms with Crippen LogP contribution in [-0.2, 0) is 4.79 Å². The largest absolute Gasteiger partial charge is 0.394 e. The molecule has 0 aliphatic heterocycles. The summed E-state index contributed by atoms with van der Waals surface area (Å²) >= 11 is 0. The van der Waals surface area contributed by atoms with Gasteiger partial charge in [-0.25, -0.2) is 0 Å². The normalized spacial score (nSPS) is 14.4. The van der Waals surface area contributed by atoms with Gasteiger partial charge < -0.3 is 20.6 Å². The van der Waals surface area contributed by atoms with Gasteiger partial charge in [-0.1, -0.05) is 146 Å². The van der Waals surface area contributed by atoms with Crippen LogP contribution in [0.2, 0.25) is 0 Å². The molecule has 3 atom stereocenters. The first kappa shape index (κ1) is 41.3. The Balaban J connectivity index is 3.83. The fraction of sp³-hybridized carbons (Fsp3) is 0.763. The number of hydrogen-bond donors (Lipinski definition) is 4. The predicted molar refractivity (Wildman–Crippen MR) is 185 cm³/mol. The third kappa shape index (κ3) is 28.8. The summed E-state index contributed by atoms with van der Waals surface area (Å²) in [6.45, 7) is 4.07. The first-order chi connectivity index (χ1) is 21.1. The van der Waals surface area contributed by atoms with E-state index in [2.05, 4.69) is 49.5 Å². The highest BCUT2D eigenvalue weighted by atomic mass is 16.3. The maximum absolute atomic E-state index is 12.3. The molecule has 0 aromatic heterocycles. The molecule has 0 aromatic rings. The summed E-state index contributed by atoms with van der Waals surface area (Å²) in [5.74, 6) is -0.557. The average molecular weight is 604 g/mol. The van der Waals surface area contributed by atoms with Crippen LogP contribution in [0, 0.1) is 0 Å². The summed E-state index contributed by atoms with van der Waals surface area (Å²) in [4.78, 5) is 12.3. The first-order valence-electron chi connectivity index (χ1n) is 18.0. The lowest BCUT2D eigenvalue weighted by molar-refractivity contribution is -0.131. The van der Waals surface area contributed by atoms with Crippen LogP contribution in [0.3, 0.4) is 0 Å². The van der Waals surface area contributed by atoms with E-state index in [9.17, 15) is 20.1 Å². The Kier molecular flexibility index (Phi) is 31.9. The molecule has 0 aliphatic rings. The number of aliphatic hydroxyl groups excluding tert-OH is 3. The van der Waals surface area contributed by atoms with Gasteiger partial charge in [0.25, 0.3) is 0 Å². The van der Waals surface area contributed by atoms with Gasteiger partial charge in [0.1, 0.15) is 6.10 Å². The van der Waals surface area contributed by atoms with E-state index in [4.69, 9.17) is 0 Å². The predicted octanol–water partition coefficient (Wildman–Crippen LogP) is 9.42. The molecule has 3 unspecified atom stereocenters. The van der Waals surface area contributed by atoms with Gasteiger partial charge in [-0.3, -0.25) is 4.79 Å². The van der Waals surface area contributed by atoms with E-state index in [0.29, 0.717) is 12.8 Å². The highest BCUT2D eigenvalue weighted by Crippen LogP contribution is 2.12. The summed E-state index contributed by atoms with van der Waals surface area (Å²) < 4.78 is 0. The Morgan fingerprint density at radius 3 is 1.44 bits per heavy atom. The number of unbranched alkanes of at least 4 members (excludes halogenated alkanes) is 17. The van der Waals surface area contributed by atoms with Crippen molar-refractivity contribution in [2.24, 2.45) is 0 Å². The number of carbonyl (C=O) groups excluding carboxylic acids is 1. The van der Waals surface area contributed by atoms with E-state index in [0.717, 1.165) is 32.1 Å². The Bertz CT molecular complexity index is 715. The van der Waals surface area contributed by atoms with E-state index in [1.54, 1.807) is 6.08 Å². The van der Waals surface area contributed by atoms with Crippen molar-refractivity contribution in [3.05, 3.63) is 48.6 Å². The number of hydrogen-bond acceptors (Lipinski definition) is 4. The summed E-state index contributed by atoms with van der Waals surface area (Å²) in [6, 6.07) is -0.833. The Morgan fingerprint density at radius 2 is 0.953 bits per heavy atom. The second-order valence-corrected chi connectivity index (χ2v) is 12.1. The van der Waals surface area contributed by atoms with Crippen molar-refractivity contribution in [3.63, 3.8) is 0 Å². The molecule has 0 saturated carbocycles.